The number of hydrogen-bond donors (Lipinski definition) is 2. The molecule has 0 aliphatic rings. The van der Waals surface area contributed by atoms with E-state index in [0.29, 0.717) is 29.5 Å². The topological polar surface area (TPSA) is 76.0 Å². The maximum Gasteiger partial charge on any atom is 0.230 e. The number of hydrogen-bond acceptors (Lipinski definition) is 5. The molecule has 3 aromatic rings. The lowest BCUT2D eigenvalue weighted by molar-refractivity contribution is 0.234. The molecule has 2 aromatic carbocycles. The van der Waals surface area contributed by atoms with Crippen molar-refractivity contribution in [3.05, 3.63) is 82.0 Å². The minimum atomic E-state index is 0.280. The van der Waals surface area contributed by atoms with Crippen LogP contribution in [0.2, 0.25) is 0 Å². The molecular formula is C24H27N3O3. The van der Waals surface area contributed by atoms with E-state index in [4.69, 9.17) is 9.47 Å². The molecule has 30 heavy (non-hydrogen) atoms. The van der Waals surface area contributed by atoms with Crippen LogP contribution in [-0.2, 0) is 6.54 Å². The summed E-state index contributed by atoms with van der Waals surface area (Å²) in [5, 5.41) is 9.77. The van der Waals surface area contributed by atoms with Gasteiger partial charge in [-0.1, -0.05) is 35.4 Å². The molecule has 0 radical (unpaired) electrons. The van der Waals surface area contributed by atoms with Crippen LogP contribution in [-0.4, -0.2) is 23.1 Å². The first-order valence-electron chi connectivity index (χ1n) is 9.72. The second-order valence-corrected chi connectivity index (χ2v) is 7.33. The van der Waals surface area contributed by atoms with Crippen molar-refractivity contribution in [2.45, 2.75) is 34.2 Å². The summed E-state index contributed by atoms with van der Waals surface area (Å²) >= 11 is 0. The van der Waals surface area contributed by atoms with Crippen molar-refractivity contribution >= 4 is 5.84 Å². The maximum atomic E-state index is 9.77. The third kappa shape index (κ3) is 5.15. The highest BCUT2D eigenvalue weighted by Crippen LogP contribution is 2.33. The number of nitrogens with zero attached hydrogens (tertiary/aromatic N) is 2. The van der Waals surface area contributed by atoms with Gasteiger partial charge in [0.25, 0.3) is 0 Å². The van der Waals surface area contributed by atoms with Gasteiger partial charge < -0.3 is 9.47 Å². The number of ether oxygens (including phenoxy) is 2. The lowest BCUT2D eigenvalue weighted by Crippen LogP contribution is -2.22. The Morgan fingerprint density at radius 2 is 1.67 bits per heavy atom. The van der Waals surface area contributed by atoms with Crippen LogP contribution in [0.4, 0.5) is 0 Å². The Bertz CT molecular complexity index is 1060. The highest BCUT2D eigenvalue weighted by molar-refractivity contribution is 6.00. The van der Waals surface area contributed by atoms with Crippen LogP contribution in [0.15, 0.2) is 53.5 Å². The standard InChI is InChI=1S/C24H27N3O3/c1-15-6-9-21(22(13-15)29-5)30-24-20(8-7-18(4)26-24)23(27-28)25-14-19-11-16(2)10-17(3)12-19/h6-13,28H,14H2,1-5H3,(H,25,27). The Morgan fingerprint density at radius 3 is 2.33 bits per heavy atom. The summed E-state index contributed by atoms with van der Waals surface area (Å²) in [6.07, 6.45) is 0. The van der Waals surface area contributed by atoms with Crippen molar-refractivity contribution in [3.63, 3.8) is 0 Å². The predicted octanol–water partition coefficient (Wildman–Crippen LogP) is 5.04. The zero-order chi connectivity index (χ0) is 21.7. The first-order valence-corrected chi connectivity index (χ1v) is 9.72. The summed E-state index contributed by atoms with van der Waals surface area (Å²) in [5.74, 6) is 1.75. The van der Waals surface area contributed by atoms with Gasteiger partial charge in [0.05, 0.1) is 19.2 Å². The van der Waals surface area contributed by atoms with E-state index in [1.807, 2.05) is 44.2 Å². The molecule has 0 aliphatic carbocycles. The number of amidine groups is 1. The SMILES string of the molecule is COc1cc(C)ccc1Oc1nc(C)ccc1C(=NCc1cc(C)cc(C)c1)NO. The summed E-state index contributed by atoms with van der Waals surface area (Å²) < 4.78 is 11.5. The van der Waals surface area contributed by atoms with E-state index in [0.717, 1.165) is 16.8 Å². The van der Waals surface area contributed by atoms with Crippen LogP contribution in [0, 0.1) is 27.7 Å². The zero-order valence-corrected chi connectivity index (χ0v) is 18.0. The molecule has 156 valence electrons. The molecule has 1 aromatic heterocycles. The quantitative estimate of drug-likeness (QED) is 0.341. The molecule has 0 spiro atoms. The first kappa shape index (κ1) is 21.3. The molecule has 0 unspecified atom stereocenters. The molecule has 0 saturated heterocycles. The van der Waals surface area contributed by atoms with Gasteiger partial charge in [-0.25, -0.2) is 4.98 Å². The predicted molar refractivity (Wildman–Crippen MR) is 118 cm³/mol. The molecule has 1 heterocycles. The van der Waals surface area contributed by atoms with Crippen molar-refractivity contribution in [1.29, 1.82) is 0 Å². The molecule has 0 atom stereocenters. The minimum absolute atomic E-state index is 0.280. The molecule has 0 fully saturated rings. The molecular weight excluding hydrogens is 378 g/mol. The number of pyridine rings is 1. The van der Waals surface area contributed by atoms with E-state index in [1.54, 1.807) is 7.11 Å². The monoisotopic (exact) mass is 405 g/mol. The van der Waals surface area contributed by atoms with E-state index in [1.165, 1.54) is 11.1 Å². The van der Waals surface area contributed by atoms with Crippen molar-refractivity contribution in [2.75, 3.05) is 7.11 Å². The molecule has 6 heteroatoms. The molecule has 0 amide bonds. The lowest BCUT2D eigenvalue weighted by Gasteiger charge is -2.14. The third-order valence-electron chi connectivity index (χ3n) is 4.59. The number of aliphatic imine (C=N–C) groups is 1. The maximum absolute atomic E-state index is 9.77. The number of aryl methyl sites for hydroxylation is 4. The fourth-order valence-corrected chi connectivity index (χ4v) is 3.27. The van der Waals surface area contributed by atoms with Crippen molar-refractivity contribution in [3.8, 4) is 17.4 Å². The van der Waals surface area contributed by atoms with Crippen LogP contribution in [0.3, 0.4) is 0 Å². The number of rotatable bonds is 6. The summed E-state index contributed by atoms with van der Waals surface area (Å²) in [7, 11) is 1.60. The van der Waals surface area contributed by atoms with Crippen molar-refractivity contribution in [2.24, 2.45) is 4.99 Å². The first-order chi connectivity index (χ1) is 14.4. The summed E-state index contributed by atoms with van der Waals surface area (Å²) in [4.78, 5) is 9.07. The van der Waals surface area contributed by atoms with Crippen LogP contribution in [0.1, 0.15) is 33.5 Å². The second kappa shape index (κ2) is 9.41. The van der Waals surface area contributed by atoms with Crippen LogP contribution in [0.25, 0.3) is 0 Å². The van der Waals surface area contributed by atoms with E-state index < -0.39 is 0 Å². The Hall–Kier alpha value is -3.38. The highest BCUT2D eigenvalue weighted by atomic mass is 16.5. The van der Waals surface area contributed by atoms with E-state index in [2.05, 4.69) is 47.5 Å². The Labute approximate surface area is 177 Å². The van der Waals surface area contributed by atoms with Gasteiger partial charge in [0.1, 0.15) is 0 Å². The summed E-state index contributed by atoms with van der Waals surface area (Å²) in [6, 6.07) is 15.6. The highest BCUT2D eigenvalue weighted by Gasteiger charge is 2.15. The van der Waals surface area contributed by atoms with E-state index >= 15 is 0 Å². The van der Waals surface area contributed by atoms with Gasteiger partial charge in [-0.2, -0.15) is 0 Å². The van der Waals surface area contributed by atoms with Crippen LogP contribution < -0.4 is 15.0 Å². The second-order valence-electron chi connectivity index (χ2n) is 7.33. The molecule has 2 N–H and O–H groups in total. The Balaban J connectivity index is 1.96. The summed E-state index contributed by atoms with van der Waals surface area (Å²) in [6.45, 7) is 8.37. The van der Waals surface area contributed by atoms with E-state index in [9.17, 15) is 5.21 Å². The Morgan fingerprint density at radius 1 is 0.933 bits per heavy atom. The van der Waals surface area contributed by atoms with Gasteiger partial charge in [0.2, 0.25) is 5.88 Å². The van der Waals surface area contributed by atoms with Gasteiger partial charge >= 0.3 is 0 Å². The fourth-order valence-electron chi connectivity index (χ4n) is 3.27. The zero-order valence-electron chi connectivity index (χ0n) is 18.0. The fraction of sp³-hybridized carbons (Fsp3) is 0.250. The van der Waals surface area contributed by atoms with Gasteiger partial charge in [-0.05, 0) is 63.1 Å². The minimum Gasteiger partial charge on any atom is -0.493 e. The smallest absolute Gasteiger partial charge is 0.230 e. The number of methoxy groups -OCH3 is 1. The largest absolute Gasteiger partial charge is 0.493 e. The van der Waals surface area contributed by atoms with Crippen LogP contribution in [0.5, 0.6) is 17.4 Å². The van der Waals surface area contributed by atoms with Crippen LogP contribution >= 0.6 is 0 Å². The van der Waals surface area contributed by atoms with Crippen molar-refractivity contribution < 1.29 is 14.7 Å². The van der Waals surface area contributed by atoms with E-state index in [-0.39, 0.29) is 5.84 Å². The van der Waals surface area contributed by atoms with Gasteiger partial charge in [-0.3, -0.25) is 15.7 Å². The lowest BCUT2D eigenvalue weighted by atomic mass is 10.1. The normalized spacial score (nSPS) is 11.3. The number of nitrogens with one attached hydrogen (secondary N) is 1. The average Bonchev–Trinajstić information content (AvgIpc) is 2.70. The molecule has 0 bridgehead atoms. The van der Waals surface area contributed by atoms with Gasteiger partial charge in [0, 0.05) is 5.69 Å². The van der Waals surface area contributed by atoms with Gasteiger partial charge in [-0.15, -0.1) is 0 Å². The van der Waals surface area contributed by atoms with Gasteiger partial charge in [0.15, 0.2) is 17.3 Å². The molecule has 3 rings (SSSR count). The molecule has 0 saturated carbocycles. The number of benzene rings is 2. The molecule has 0 aliphatic heterocycles. The molecule has 6 nitrogen and oxygen atoms in total. The number of aromatic nitrogens is 1. The number of hydroxylamine groups is 1. The third-order valence-corrected chi connectivity index (χ3v) is 4.59. The summed E-state index contributed by atoms with van der Waals surface area (Å²) in [5.41, 5.74) is 8.00. The van der Waals surface area contributed by atoms with Crippen molar-refractivity contribution in [1.82, 2.24) is 10.5 Å². The Kier molecular flexibility index (Phi) is 6.69. The average molecular weight is 405 g/mol.